The van der Waals surface area contributed by atoms with Crippen molar-refractivity contribution in [3.63, 3.8) is 0 Å². The molecule has 6 nitrogen and oxygen atoms in total. The fraction of sp³-hybridized carbons (Fsp3) is 0.462. The van der Waals surface area contributed by atoms with E-state index in [1.165, 1.54) is 0 Å². The Hall–Kier alpha value is -1.12. The Morgan fingerprint density at radius 2 is 2.14 bits per heavy atom. The molecule has 0 radical (unpaired) electrons. The zero-order valence-corrected chi connectivity index (χ0v) is 13.9. The van der Waals surface area contributed by atoms with Gasteiger partial charge in [0, 0.05) is 11.0 Å². The minimum atomic E-state index is -3.88. The van der Waals surface area contributed by atoms with Crippen LogP contribution in [0, 0.1) is 6.92 Å². The summed E-state index contributed by atoms with van der Waals surface area (Å²) in [4.78, 5) is 11.2. The van der Waals surface area contributed by atoms with Gasteiger partial charge in [-0.15, -0.1) is 0 Å². The molecular weight excluding hydrogens is 360 g/mol. The van der Waals surface area contributed by atoms with Gasteiger partial charge >= 0.3 is 16.2 Å². The van der Waals surface area contributed by atoms with Gasteiger partial charge < -0.3 is 5.11 Å². The van der Waals surface area contributed by atoms with Crippen LogP contribution in [0.25, 0.3) is 0 Å². The molecule has 1 aromatic rings. The third-order valence-corrected chi connectivity index (χ3v) is 5.87. The van der Waals surface area contributed by atoms with Gasteiger partial charge in [-0.3, -0.25) is 9.52 Å². The summed E-state index contributed by atoms with van der Waals surface area (Å²) in [6.07, 6.45) is 1.73. The minimum absolute atomic E-state index is 0.222. The Kier molecular flexibility index (Phi) is 4.90. The van der Waals surface area contributed by atoms with Crippen molar-refractivity contribution in [3.8, 4) is 0 Å². The van der Waals surface area contributed by atoms with Crippen LogP contribution in [0.1, 0.15) is 24.8 Å². The van der Waals surface area contributed by atoms with Crippen LogP contribution < -0.4 is 4.72 Å². The normalized spacial score (nSPS) is 20.2. The van der Waals surface area contributed by atoms with Crippen LogP contribution in [0.15, 0.2) is 22.7 Å². The second kappa shape index (κ2) is 6.33. The minimum Gasteiger partial charge on any atom is -0.480 e. The molecule has 1 aliphatic heterocycles. The highest BCUT2D eigenvalue weighted by atomic mass is 79.9. The van der Waals surface area contributed by atoms with Crippen molar-refractivity contribution in [3.05, 3.63) is 28.2 Å². The van der Waals surface area contributed by atoms with Crippen LogP contribution in [0.2, 0.25) is 0 Å². The Balaban J connectivity index is 2.23. The number of aryl methyl sites for hydroxylation is 1. The van der Waals surface area contributed by atoms with E-state index in [9.17, 15) is 18.3 Å². The van der Waals surface area contributed by atoms with Crippen molar-refractivity contribution in [1.82, 2.24) is 4.31 Å². The van der Waals surface area contributed by atoms with Crippen molar-refractivity contribution < 1.29 is 18.3 Å². The number of nitrogens with one attached hydrogen (secondary N) is 1. The molecule has 1 heterocycles. The average Bonchev–Trinajstić information content (AvgIpc) is 2.42. The molecule has 1 atom stereocenters. The van der Waals surface area contributed by atoms with Crippen molar-refractivity contribution >= 4 is 37.8 Å². The van der Waals surface area contributed by atoms with E-state index in [4.69, 9.17) is 0 Å². The first kappa shape index (κ1) is 16.3. The average molecular weight is 377 g/mol. The molecule has 8 heteroatoms. The maximum absolute atomic E-state index is 12.4. The van der Waals surface area contributed by atoms with Gasteiger partial charge in [0.15, 0.2) is 0 Å². The first-order valence-electron chi connectivity index (χ1n) is 6.60. The summed E-state index contributed by atoms with van der Waals surface area (Å²) in [6, 6.07) is 4.10. The predicted molar refractivity (Wildman–Crippen MR) is 83.4 cm³/mol. The summed E-state index contributed by atoms with van der Waals surface area (Å²) in [7, 11) is -3.88. The molecule has 116 valence electrons. The third-order valence-electron chi connectivity index (χ3n) is 3.47. The lowest BCUT2D eigenvalue weighted by atomic mass is 10.1. The highest BCUT2D eigenvalue weighted by Gasteiger charge is 2.36. The van der Waals surface area contributed by atoms with Gasteiger partial charge in [-0.25, -0.2) is 0 Å². The van der Waals surface area contributed by atoms with Gasteiger partial charge in [0.05, 0.1) is 5.69 Å². The number of anilines is 1. The quantitative estimate of drug-likeness (QED) is 0.844. The van der Waals surface area contributed by atoms with Crippen molar-refractivity contribution in [1.29, 1.82) is 0 Å². The number of nitrogens with zero attached hydrogens (tertiary/aromatic N) is 1. The number of carboxylic acids is 1. The molecule has 2 N–H and O–H groups in total. The molecular formula is C13H17BrN2O4S. The SMILES string of the molecule is Cc1ccc(NS(=O)(=O)N2CCCCC2C(=O)O)cc1Br. The van der Waals surface area contributed by atoms with E-state index in [0.717, 1.165) is 20.8 Å². The van der Waals surface area contributed by atoms with Gasteiger partial charge in [0.1, 0.15) is 6.04 Å². The lowest BCUT2D eigenvalue weighted by Crippen LogP contribution is -2.49. The summed E-state index contributed by atoms with van der Waals surface area (Å²) >= 11 is 3.34. The van der Waals surface area contributed by atoms with Crippen LogP contribution in [0.4, 0.5) is 5.69 Å². The lowest BCUT2D eigenvalue weighted by Gasteiger charge is -2.31. The Labute approximate surface area is 132 Å². The summed E-state index contributed by atoms with van der Waals surface area (Å²) in [6.45, 7) is 2.12. The highest BCUT2D eigenvalue weighted by Crippen LogP contribution is 2.25. The maximum Gasteiger partial charge on any atom is 0.322 e. The lowest BCUT2D eigenvalue weighted by molar-refractivity contribution is -0.142. The maximum atomic E-state index is 12.4. The zero-order chi connectivity index (χ0) is 15.6. The summed E-state index contributed by atoms with van der Waals surface area (Å²) in [5, 5.41) is 9.18. The summed E-state index contributed by atoms with van der Waals surface area (Å²) < 4.78 is 29.1. The van der Waals surface area contributed by atoms with E-state index < -0.39 is 22.2 Å². The van der Waals surface area contributed by atoms with Crippen molar-refractivity contribution in [2.75, 3.05) is 11.3 Å². The molecule has 0 aromatic heterocycles. The second-order valence-electron chi connectivity index (χ2n) is 5.03. The van der Waals surface area contributed by atoms with E-state index in [-0.39, 0.29) is 6.54 Å². The molecule has 1 saturated heterocycles. The first-order chi connectivity index (χ1) is 9.81. The van der Waals surface area contributed by atoms with E-state index in [1.807, 2.05) is 6.92 Å². The van der Waals surface area contributed by atoms with E-state index >= 15 is 0 Å². The molecule has 0 bridgehead atoms. The van der Waals surface area contributed by atoms with Gasteiger partial charge in [-0.05, 0) is 43.9 Å². The van der Waals surface area contributed by atoms with Gasteiger partial charge in [0.25, 0.3) is 0 Å². The number of carbonyl (C=O) groups is 1. The van der Waals surface area contributed by atoms with Gasteiger partial charge in [-0.1, -0.05) is 22.0 Å². The molecule has 1 fully saturated rings. The summed E-state index contributed by atoms with van der Waals surface area (Å²) in [5.41, 5.74) is 1.39. The van der Waals surface area contributed by atoms with Crippen LogP contribution in [-0.4, -0.2) is 36.4 Å². The number of piperidine rings is 1. The van der Waals surface area contributed by atoms with Crippen LogP contribution in [0.5, 0.6) is 0 Å². The molecule has 1 aliphatic rings. The van der Waals surface area contributed by atoms with E-state index in [1.54, 1.807) is 18.2 Å². The van der Waals surface area contributed by atoms with Crippen molar-refractivity contribution in [2.45, 2.75) is 32.2 Å². The number of rotatable bonds is 4. The number of hydrogen-bond acceptors (Lipinski definition) is 3. The smallest absolute Gasteiger partial charge is 0.322 e. The number of carboxylic acid groups (broad SMARTS) is 1. The van der Waals surface area contributed by atoms with Crippen molar-refractivity contribution in [2.24, 2.45) is 0 Å². The first-order valence-corrected chi connectivity index (χ1v) is 8.83. The molecule has 1 aromatic carbocycles. The van der Waals surface area contributed by atoms with Crippen LogP contribution in [-0.2, 0) is 15.0 Å². The molecule has 0 spiro atoms. The number of aliphatic carboxylic acids is 1. The van der Waals surface area contributed by atoms with Gasteiger partial charge in [-0.2, -0.15) is 12.7 Å². The largest absolute Gasteiger partial charge is 0.480 e. The highest BCUT2D eigenvalue weighted by molar-refractivity contribution is 9.10. The Bertz CT molecular complexity index is 648. The zero-order valence-electron chi connectivity index (χ0n) is 11.5. The third kappa shape index (κ3) is 3.75. The fourth-order valence-electron chi connectivity index (χ4n) is 2.30. The number of halogens is 1. The van der Waals surface area contributed by atoms with Crippen LogP contribution in [0.3, 0.4) is 0 Å². The van der Waals surface area contributed by atoms with E-state index in [0.29, 0.717) is 18.5 Å². The predicted octanol–water partition coefficient (Wildman–Crippen LogP) is 2.35. The fourth-order valence-corrected chi connectivity index (χ4v) is 4.12. The number of hydrogen-bond donors (Lipinski definition) is 2. The molecule has 1 unspecified atom stereocenters. The van der Waals surface area contributed by atoms with Gasteiger partial charge in [0.2, 0.25) is 0 Å². The molecule has 0 saturated carbocycles. The summed E-state index contributed by atoms with van der Waals surface area (Å²) in [5.74, 6) is -1.11. The second-order valence-corrected chi connectivity index (χ2v) is 7.51. The molecule has 0 amide bonds. The van der Waals surface area contributed by atoms with Crippen LogP contribution >= 0.6 is 15.9 Å². The van der Waals surface area contributed by atoms with E-state index in [2.05, 4.69) is 20.7 Å². The number of benzene rings is 1. The topological polar surface area (TPSA) is 86.7 Å². The standard InChI is InChI=1S/C13H17BrN2O4S/c1-9-5-6-10(8-11(9)14)15-21(19,20)16-7-3-2-4-12(16)13(17)18/h5-6,8,12,15H,2-4,7H2,1H3,(H,17,18). The molecule has 2 rings (SSSR count). The molecule has 0 aliphatic carbocycles. The monoisotopic (exact) mass is 376 g/mol. The Morgan fingerprint density at radius 1 is 1.43 bits per heavy atom. The molecule has 21 heavy (non-hydrogen) atoms. The Morgan fingerprint density at radius 3 is 2.76 bits per heavy atom.